The van der Waals surface area contributed by atoms with Gasteiger partial charge in [0.1, 0.15) is 10.7 Å². The summed E-state index contributed by atoms with van der Waals surface area (Å²) in [6.45, 7) is 2.43. The first-order chi connectivity index (χ1) is 9.87. The lowest BCUT2D eigenvalue weighted by molar-refractivity contribution is -0.00476. The average molecular weight is 381 g/mol. The Morgan fingerprint density at radius 2 is 2.14 bits per heavy atom. The van der Waals surface area contributed by atoms with Gasteiger partial charge in [-0.2, -0.15) is 0 Å². The number of nitrogens with two attached hydrogens (primary N) is 1. The zero-order chi connectivity index (χ0) is 15.6. The number of halogens is 2. The Morgan fingerprint density at radius 1 is 1.48 bits per heavy atom. The molecule has 1 fully saturated rings. The SMILES string of the molecule is CCOC1CC(NS(=O)(=O)c2cc(Br)cc(CN)c2F)C1. The minimum Gasteiger partial charge on any atom is -0.378 e. The highest BCUT2D eigenvalue weighted by atomic mass is 79.9. The monoisotopic (exact) mass is 380 g/mol. The average Bonchev–Trinajstić information content (AvgIpc) is 2.38. The van der Waals surface area contributed by atoms with Gasteiger partial charge in [-0.3, -0.25) is 0 Å². The number of hydrogen-bond donors (Lipinski definition) is 2. The predicted octanol–water partition coefficient (Wildman–Crippen LogP) is 1.89. The van der Waals surface area contributed by atoms with Crippen LogP contribution in [0.15, 0.2) is 21.5 Å². The fourth-order valence-electron chi connectivity index (χ4n) is 2.28. The number of hydrogen-bond acceptors (Lipinski definition) is 4. The lowest BCUT2D eigenvalue weighted by Crippen LogP contribution is -2.47. The van der Waals surface area contributed by atoms with E-state index in [1.54, 1.807) is 0 Å². The second-order valence-corrected chi connectivity index (χ2v) is 7.55. The second kappa shape index (κ2) is 6.70. The first-order valence-corrected chi connectivity index (χ1v) is 8.97. The smallest absolute Gasteiger partial charge is 0.243 e. The van der Waals surface area contributed by atoms with Crippen LogP contribution in [0.25, 0.3) is 0 Å². The molecule has 3 N–H and O–H groups in total. The summed E-state index contributed by atoms with van der Waals surface area (Å²) in [5.74, 6) is -0.797. The number of rotatable bonds is 6. The zero-order valence-electron chi connectivity index (χ0n) is 11.6. The van der Waals surface area contributed by atoms with Crippen LogP contribution in [0.3, 0.4) is 0 Å². The van der Waals surface area contributed by atoms with Crippen molar-refractivity contribution in [3.63, 3.8) is 0 Å². The number of nitrogens with one attached hydrogen (secondary N) is 1. The molecule has 8 heteroatoms. The van der Waals surface area contributed by atoms with E-state index in [-0.39, 0.29) is 29.1 Å². The molecule has 118 valence electrons. The fourth-order valence-corrected chi connectivity index (χ4v) is 4.34. The van der Waals surface area contributed by atoms with E-state index in [9.17, 15) is 12.8 Å². The van der Waals surface area contributed by atoms with Crippen LogP contribution < -0.4 is 10.5 Å². The van der Waals surface area contributed by atoms with Crippen molar-refractivity contribution >= 4 is 26.0 Å². The van der Waals surface area contributed by atoms with Gasteiger partial charge in [0, 0.05) is 29.2 Å². The van der Waals surface area contributed by atoms with E-state index in [1.807, 2.05) is 6.92 Å². The molecule has 0 amide bonds. The topological polar surface area (TPSA) is 81.4 Å². The van der Waals surface area contributed by atoms with Gasteiger partial charge in [-0.05, 0) is 31.9 Å². The molecule has 21 heavy (non-hydrogen) atoms. The minimum atomic E-state index is -3.91. The molecule has 1 aliphatic rings. The third-order valence-electron chi connectivity index (χ3n) is 3.41. The van der Waals surface area contributed by atoms with Crippen molar-refractivity contribution in [2.75, 3.05) is 6.61 Å². The predicted molar refractivity (Wildman–Crippen MR) is 80.7 cm³/mol. The van der Waals surface area contributed by atoms with Crippen LogP contribution in [0.1, 0.15) is 25.3 Å². The molecule has 1 aromatic carbocycles. The van der Waals surface area contributed by atoms with E-state index in [0.29, 0.717) is 23.9 Å². The van der Waals surface area contributed by atoms with Crippen molar-refractivity contribution in [3.05, 3.63) is 28.0 Å². The molecule has 0 heterocycles. The van der Waals surface area contributed by atoms with Crippen LogP contribution >= 0.6 is 15.9 Å². The fraction of sp³-hybridized carbons (Fsp3) is 0.538. The molecule has 0 bridgehead atoms. The summed E-state index contributed by atoms with van der Waals surface area (Å²) in [5.41, 5.74) is 5.59. The lowest BCUT2D eigenvalue weighted by atomic mass is 9.90. The van der Waals surface area contributed by atoms with Gasteiger partial charge < -0.3 is 10.5 Å². The lowest BCUT2D eigenvalue weighted by Gasteiger charge is -2.35. The molecule has 5 nitrogen and oxygen atoms in total. The van der Waals surface area contributed by atoms with E-state index < -0.39 is 15.8 Å². The molecule has 0 saturated heterocycles. The third kappa shape index (κ3) is 3.81. The van der Waals surface area contributed by atoms with Gasteiger partial charge in [-0.25, -0.2) is 17.5 Å². The van der Waals surface area contributed by atoms with Crippen LogP contribution in [0.2, 0.25) is 0 Å². The first-order valence-electron chi connectivity index (χ1n) is 6.69. The molecule has 2 rings (SSSR count). The Kier molecular flexibility index (Phi) is 5.37. The summed E-state index contributed by atoms with van der Waals surface area (Å²) in [7, 11) is -3.91. The van der Waals surface area contributed by atoms with E-state index in [4.69, 9.17) is 10.5 Å². The standard InChI is InChI=1S/C13H18BrFN2O3S/c1-2-20-11-5-10(6-11)17-21(18,19)12-4-9(14)3-8(7-16)13(12)15/h3-4,10-11,17H,2,5-7,16H2,1H3. The quantitative estimate of drug-likeness (QED) is 0.789. The summed E-state index contributed by atoms with van der Waals surface area (Å²) in [6, 6.07) is 2.50. The summed E-state index contributed by atoms with van der Waals surface area (Å²) in [4.78, 5) is -0.378. The molecule has 1 saturated carbocycles. The summed E-state index contributed by atoms with van der Waals surface area (Å²) >= 11 is 3.17. The normalized spacial score (nSPS) is 22.1. The molecule has 0 unspecified atom stereocenters. The molecule has 0 aliphatic heterocycles. The minimum absolute atomic E-state index is 0.0658. The van der Waals surface area contributed by atoms with Crippen molar-refractivity contribution in [1.82, 2.24) is 4.72 Å². The van der Waals surface area contributed by atoms with E-state index in [0.717, 1.165) is 0 Å². The maximum Gasteiger partial charge on any atom is 0.243 e. The van der Waals surface area contributed by atoms with Crippen molar-refractivity contribution in [1.29, 1.82) is 0 Å². The highest BCUT2D eigenvalue weighted by Crippen LogP contribution is 2.28. The third-order valence-corrected chi connectivity index (χ3v) is 5.39. The van der Waals surface area contributed by atoms with Crippen LogP contribution in [-0.4, -0.2) is 27.2 Å². The van der Waals surface area contributed by atoms with Crippen molar-refractivity contribution in [2.24, 2.45) is 5.73 Å². The van der Waals surface area contributed by atoms with Crippen LogP contribution in [-0.2, 0) is 21.3 Å². The molecule has 0 spiro atoms. The van der Waals surface area contributed by atoms with E-state index in [2.05, 4.69) is 20.7 Å². The van der Waals surface area contributed by atoms with Crippen LogP contribution in [0.4, 0.5) is 4.39 Å². The number of sulfonamides is 1. The second-order valence-electron chi connectivity index (χ2n) is 4.95. The van der Waals surface area contributed by atoms with Gasteiger partial charge in [0.05, 0.1) is 6.10 Å². The van der Waals surface area contributed by atoms with E-state index >= 15 is 0 Å². The van der Waals surface area contributed by atoms with E-state index in [1.165, 1.54) is 12.1 Å². The van der Waals surface area contributed by atoms with Crippen LogP contribution in [0, 0.1) is 5.82 Å². The zero-order valence-corrected chi connectivity index (χ0v) is 14.0. The number of benzene rings is 1. The molecule has 0 atom stereocenters. The molecular weight excluding hydrogens is 363 g/mol. The summed E-state index contributed by atoms with van der Waals surface area (Å²) < 4.78 is 47.1. The van der Waals surface area contributed by atoms with Crippen molar-refractivity contribution in [3.8, 4) is 0 Å². The van der Waals surface area contributed by atoms with Gasteiger partial charge in [0.2, 0.25) is 10.0 Å². The Bertz CT molecular complexity index is 618. The first kappa shape index (κ1) is 16.8. The largest absolute Gasteiger partial charge is 0.378 e. The Morgan fingerprint density at radius 3 is 2.71 bits per heavy atom. The molecule has 0 aromatic heterocycles. The van der Waals surface area contributed by atoms with Crippen molar-refractivity contribution in [2.45, 2.75) is 43.4 Å². The summed E-state index contributed by atoms with van der Waals surface area (Å²) in [6.07, 6.45) is 1.29. The van der Waals surface area contributed by atoms with Gasteiger partial charge in [-0.1, -0.05) is 15.9 Å². The molecular formula is C13H18BrFN2O3S. The highest BCUT2D eigenvalue weighted by molar-refractivity contribution is 9.10. The Labute approximate surface area is 132 Å². The maximum absolute atomic E-state index is 14.2. The molecule has 0 radical (unpaired) electrons. The summed E-state index contributed by atoms with van der Waals surface area (Å²) in [5, 5.41) is 0. The molecule has 1 aliphatic carbocycles. The van der Waals surface area contributed by atoms with Gasteiger partial charge in [-0.15, -0.1) is 0 Å². The molecule has 1 aromatic rings. The van der Waals surface area contributed by atoms with Crippen LogP contribution in [0.5, 0.6) is 0 Å². The Balaban J connectivity index is 2.15. The van der Waals surface area contributed by atoms with Gasteiger partial charge >= 0.3 is 0 Å². The number of ether oxygens (including phenoxy) is 1. The maximum atomic E-state index is 14.2. The van der Waals surface area contributed by atoms with Gasteiger partial charge in [0.25, 0.3) is 0 Å². The highest BCUT2D eigenvalue weighted by Gasteiger charge is 2.34. The van der Waals surface area contributed by atoms with Crippen molar-refractivity contribution < 1.29 is 17.5 Å². The van der Waals surface area contributed by atoms with Gasteiger partial charge in [0.15, 0.2) is 0 Å². The Hall–Kier alpha value is -0.540.